The van der Waals surface area contributed by atoms with E-state index in [4.69, 9.17) is 0 Å². The van der Waals surface area contributed by atoms with Gasteiger partial charge in [0.15, 0.2) is 0 Å². The predicted octanol–water partition coefficient (Wildman–Crippen LogP) is 3.48. The van der Waals surface area contributed by atoms with Crippen LogP contribution in [0.1, 0.15) is 13.3 Å². The number of benzene rings is 2. The van der Waals surface area contributed by atoms with Crippen molar-refractivity contribution in [1.29, 1.82) is 0 Å². The first-order valence-corrected chi connectivity index (χ1v) is 7.49. The fourth-order valence-electron chi connectivity index (χ4n) is 2.71. The summed E-state index contributed by atoms with van der Waals surface area (Å²) in [6.45, 7) is 1.91. The van der Waals surface area contributed by atoms with Crippen molar-refractivity contribution in [3.8, 4) is 0 Å². The zero-order valence-electron chi connectivity index (χ0n) is 12.7. The van der Waals surface area contributed by atoms with Gasteiger partial charge >= 0.3 is 0 Å². The highest BCUT2D eigenvalue weighted by Crippen LogP contribution is 2.36. The van der Waals surface area contributed by atoms with Crippen LogP contribution in [-0.2, 0) is 0 Å². The Balaban J connectivity index is 2.39. The number of aromatic nitrogens is 1. The number of nitrogens with zero attached hydrogens (tertiary/aromatic N) is 2. The molecule has 6 heteroatoms. The van der Waals surface area contributed by atoms with Crippen molar-refractivity contribution in [2.75, 3.05) is 11.9 Å². The Hall–Kier alpha value is -2.73. The molecule has 0 fully saturated rings. The molecular formula is C17H17N3O3. The van der Waals surface area contributed by atoms with E-state index in [0.717, 1.165) is 10.9 Å². The van der Waals surface area contributed by atoms with Gasteiger partial charge in [-0.1, -0.05) is 31.2 Å². The molecule has 6 nitrogen and oxygen atoms in total. The van der Waals surface area contributed by atoms with Gasteiger partial charge in [-0.05, 0) is 18.6 Å². The Morgan fingerprint density at radius 3 is 2.65 bits per heavy atom. The molecule has 0 spiro atoms. The lowest BCUT2D eigenvalue weighted by molar-refractivity contribution is -0.383. The van der Waals surface area contributed by atoms with Crippen LogP contribution in [0.4, 0.5) is 11.4 Å². The minimum atomic E-state index is -0.399. The summed E-state index contributed by atoms with van der Waals surface area (Å²) in [4.78, 5) is 15.6. The molecule has 0 saturated heterocycles. The van der Waals surface area contributed by atoms with Crippen molar-refractivity contribution in [2.45, 2.75) is 19.4 Å². The first kappa shape index (κ1) is 15.2. The highest BCUT2D eigenvalue weighted by molar-refractivity contribution is 6.11. The summed E-state index contributed by atoms with van der Waals surface area (Å²) in [5, 5.41) is 25.5. The van der Waals surface area contributed by atoms with Gasteiger partial charge in [-0.15, -0.1) is 0 Å². The lowest BCUT2D eigenvalue weighted by Crippen LogP contribution is -2.23. The Morgan fingerprint density at radius 2 is 1.96 bits per heavy atom. The normalized spacial score (nSPS) is 12.4. The molecule has 1 atom stereocenters. The van der Waals surface area contributed by atoms with E-state index in [0.29, 0.717) is 23.0 Å². The first-order chi connectivity index (χ1) is 11.2. The van der Waals surface area contributed by atoms with Crippen LogP contribution in [0, 0.1) is 10.1 Å². The highest BCUT2D eigenvalue weighted by Gasteiger charge is 2.20. The third-order valence-corrected chi connectivity index (χ3v) is 3.94. The molecule has 1 unspecified atom stereocenters. The number of rotatable bonds is 5. The monoisotopic (exact) mass is 311 g/mol. The number of aliphatic hydroxyl groups is 1. The van der Waals surface area contributed by atoms with Gasteiger partial charge < -0.3 is 10.4 Å². The zero-order valence-corrected chi connectivity index (χ0v) is 12.7. The fourth-order valence-corrected chi connectivity index (χ4v) is 2.71. The number of hydrogen-bond acceptors (Lipinski definition) is 5. The van der Waals surface area contributed by atoms with E-state index in [2.05, 4.69) is 10.3 Å². The number of pyridine rings is 1. The van der Waals surface area contributed by atoms with E-state index in [9.17, 15) is 15.2 Å². The van der Waals surface area contributed by atoms with Crippen LogP contribution < -0.4 is 5.32 Å². The predicted molar refractivity (Wildman–Crippen MR) is 90.7 cm³/mol. The van der Waals surface area contributed by atoms with Crippen molar-refractivity contribution in [2.24, 2.45) is 0 Å². The number of hydrogen-bond donors (Lipinski definition) is 2. The van der Waals surface area contributed by atoms with E-state index in [1.54, 1.807) is 12.1 Å². The summed E-state index contributed by atoms with van der Waals surface area (Å²) in [6.07, 6.45) is 0.704. The molecule has 0 saturated carbocycles. The van der Waals surface area contributed by atoms with Gasteiger partial charge in [-0.25, -0.2) is 4.98 Å². The second kappa shape index (κ2) is 6.18. The van der Waals surface area contributed by atoms with Gasteiger partial charge in [0.05, 0.1) is 28.3 Å². The molecule has 0 aliphatic heterocycles. The molecule has 118 valence electrons. The number of nitro benzene ring substituents is 1. The molecule has 0 radical (unpaired) electrons. The van der Waals surface area contributed by atoms with Crippen LogP contribution in [0.2, 0.25) is 0 Å². The van der Waals surface area contributed by atoms with Crippen LogP contribution >= 0.6 is 0 Å². The van der Waals surface area contributed by atoms with Gasteiger partial charge in [0.25, 0.3) is 5.69 Å². The lowest BCUT2D eigenvalue weighted by Gasteiger charge is -2.19. The molecule has 1 aromatic heterocycles. The number of para-hydroxylation sites is 1. The van der Waals surface area contributed by atoms with Crippen molar-refractivity contribution < 1.29 is 10.0 Å². The van der Waals surface area contributed by atoms with Crippen LogP contribution in [0.3, 0.4) is 0 Å². The maximum absolute atomic E-state index is 11.4. The van der Waals surface area contributed by atoms with Crippen LogP contribution in [0.25, 0.3) is 21.8 Å². The molecule has 3 aromatic rings. The summed E-state index contributed by atoms with van der Waals surface area (Å²) < 4.78 is 0. The molecule has 2 N–H and O–H groups in total. The molecule has 1 heterocycles. The van der Waals surface area contributed by atoms with Gasteiger partial charge in [-0.3, -0.25) is 10.1 Å². The number of anilines is 1. The maximum Gasteiger partial charge on any atom is 0.280 e. The average molecular weight is 311 g/mol. The number of aliphatic hydroxyl groups excluding tert-OH is 1. The first-order valence-electron chi connectivity index (χ1n) is 7.49. The number of non-ortho nitro benzene ring substituents is 1. The summed E-state index contributed by atoms with van der Waals surface area (Å²) in [7, 11) is 0. The zero-order chi connectivity index (χ0) is 16.4. The number of nitro groups is 1. The molecule has 0 aliphatic carbocycles. The maximum atomic E-state index is 11.4. The van der Waals surface area contributed by atoms with E-state index in [1.165, 1.54) is 6.07 Å². The summed E-state index contributed by atoms with van der Waals surface area (Å²) in [5.41, 5.74) is 1.99. The average Bonchev–Trinajstić information content (AvgIpc) is 2.58. The molecular weight excluding hydrogens is 294 g/mol. The van der Waals surface area contributed by atoms with E-state index in [-0.39, 0.29) is 18.3 Å². The number of fused-ring (bicyclic) bond motifs is 2. The van der Waals surface area contributed by atoms with E-state index in [1.807, 2.05) is 31.2 Å². The van der Waals surface area contributed by atoms with Gasteiger partial charge in [0.2, 0.25) is 0 Å². The summed E-state index contributed by atoms with van der Waals surface area (Å²) in [5.74, 6) is 0. The summed E-state index contributed by atoms with van der Waals surface area (Å²) >= 11 is 0. The minimum absolute atomic E-state index is 0.0102. The quantitative estimate of drug-likeness (QED) is 0.428. The minimum Gasteiger partial charge on any atom is -0.394 e. The van der Waals surface area contributed by atoms with E-state index >= 15 is 0 Å². The third kappa shape index (κ3) is 2.68. The van der Waals surface area contributed by atoms with Crippen LogP contribution in [0.5, 0.6) is 0 Å². The Bertz CT molecular complexity index is 875. The lowest BCUT2D eigenvalue weighted by atomic mass is 10.0. The molecule has 0 amide bonds. The van der Waals surface area contributed by atoms with Crippen molar-refractivity contribution in [3.05, 3.63) is 52.6 Å². The SMILES string of the molecule is CCC(CO)Nc1c2ccccc2nc2cccc([N+](=O)[O-])c12. The smallest absolute Gasteiger partial charge is 0.280 e. The Morgan fingerprint density at radius 1 is 1.22 bits per heavy atom. The highest BCUT2D eigenvalue weighted by atomic mass is 16.6. The van der Waals surface area contributed by atoms with Gasteiger partial charge in [0, 0.05) is 17.5 Å². The molecule has 3 rings (SSSR count). The molecule has 0 bridgehead atoms. The number of nitrogens with one attached hydrogen (secondary N) is 1. The second-order valence-corrected chi connectivity index (χ2v) is 5.36. The molecule has 23 heavy (non-hydrogen) atoms. The topological polar surface area (TPSA) is 88.3 Å². The Kier molecular flexibility index (Phi) is 4.08. The van der Waals surface area contributed by atoms with Crippen molar-refractivity contribution >= 4 is 33.2 Å². The van der Waals surface area contributed by atoms with Gasteiger partial charge in [0.1, 0.15) is 5.39 Å². The summed E-state index contributed by atoms with van der Waals surface area (Å²) in [6, 6.07) is 12.2. The largest absolute Gasteiger partial charge is 0.394 e. The Labute approximate surface area is 132 Å². The molecule has 2 aromatic carbocycles. The molecule has 0 aliphatic rings. The standard InChI is InChI=1S/C17H17N3O3/c1-2-11(10-21)18-17-12-6-3-4-7-13(12)19-14-8-5-9-15(16(14)17)20(22)23/h3-9,11,21H,2,10H2,1H3,(H,18,19). The fraction of sp³-hybridized carbons (Fsp3) is 0.235. The van der Waals surface area contributed by atoms with Crippen LogP contribution in [0.15, 0.2) is 42.5 Å². The third-order valence-electron chi connectivity index (χ3n) is 3.94. The van der Waals surface area contributed by atoms with Crippen LogP contribution in [-0.4, -0.2) is 27.7 Å². The van der Waals surface area contributed by atoms with E-state index < -0.39 is 4.92 Å². The van der Waals surface area contributed by atoms with Crippen molar-refractivity contribution in [1.82, 2.24) is 4.98 Å². The van der Waals surface area contributed by atoms with Crippen molar-refractivity contribution in [3.63, 3.8) is 0 Å². The second-order valence-electron chi connectivity index (χ2n) is 5.36. The van der Waals surface area contributed by atoms with Gasteiger partial charge in [-0.2, -0.15) is 0 Å².